The molecule has 26 heavy (non-hydrogen) atoms. The molecule has 0 fully saturated rings. The average Bonchev–Trinajstić information content (AvgIpc) is 3.21. The fourth-order valence-electron chi connectivity index (χ4n) is 2.81. The maximum Gasteiger partial charge on any atom is 0.337 e. The van der Waals surface area contributed by atoms with Gasteiger partial charge < -0.3 is 20.1 Å². The maximum absolute atomic E-state index is 12.5. The lowest BCUT2D eigenvalue weighted by atomic mass is 10.1. The highest BCUT2D eigenvalue weighted by Crippen LogP contribution is 2.25. The number of aliphatic hydroxyl groups excluding tert-OH is 1. The molecule has 1 aromatic heterocycles. The molecule has 2 heterocycles. The molecule has 2 aromatic rings. The molecule has 1 aliphatic rings. The molecular weight excluding hydrogens is 336 g/mol. The van der Waals surface area contributed by atoms with Crippen LogP contribution in [0.2, 0.25) is 0 Å². The zero-order valence-corrected chi connectivity index (χ0v) is 14.6. The number of aromatic nitrogens is 2. The normalized spacial score (nSPS) is 14.1. The van der Waals surface area contributed by atoms with Crippen molar-refractivity contribution in [3.63, 3.8) is 0 Å². The highest BCUT2D eigenvalue weighted by molar-refractivity contribution is 6.08. The monoisotopic (exact) mass is 356 g/mol. The lowest BCUT2D eigenvalue weighted by molar-refractivity contribution is -0.136. The number of nitrogens with one attached hydrogen (secondary N) is 1. The van der Waals surface area contributed by atoms with Crippen LogP contribution < -0.4 is 5.32 Å². The Balaban J connectivity index is 1.83. The van der Waals surface area contributed by atoms with E-state index >= 15 is 0 Å². The zero-order chi connectivity index (χ0) is 18.7. The highest BCUT2D eigenvalue weighted by Gasteiger charge is 2.34. The topological polar surface area (TPSA) is 96.7 Å². The summed E-state index contributed by atoms with van der Waals surface area (Å²) < 4.78 is 6.49. The summed E-state index contributed by atoms with van der Waals surface area (Å²) in [6.07, 6.45) is 3.68. The van der Waals surface area contributed by atoms with E-state index in [4.69, 9.17) is 9.84 Å². The van der Waals surface area contributed by atoms with Crippen LogP contribution in [-0.4, -0.2) is 58.5 Å². The summed E-state index contributed by atoms with van der Waals surface area (Å²) in [6, 6.07) is 7.46. The molecule has 1 aromatic carbocycles. The maximum atomic E-state index is 12.5. The SMILES string of the molecule is COC(=O)C1=C(Nc2ccc(-c3cnn(C)c3)cc2)C(=O)N(CCO)C1. The summed E-state index contributed by atoms with van der Waals surface area (Å²) in [7, 11) is 3.12. The average molecular weight is 356 g/mol. The minimum absolute atomic E-state index is 0.113. The number of rotatable bonds is 6. The largest absolute Gasteiger partial charge is 0.466 e. The van der Waals surface area contributed by atoms with Gasteiger partial charge in [-0.25, -0.2) is 4.79 Å². The number of aliphatic hydroxyl groups is 1. The number of β-amino-alcohol motifs (C(OH)–C–C–N with tert-alkyl or cyclic N) is 1. The second-order valence-corrected chi connectivity index (χ2v) is 5.90. The summed E-state index contributed by atoms with van der Waals surface area (Å²) in [4.78, 5) is 25.9. The van der Waals surface area contributed by atoms with Crippen molar-refractivity contribution < 1.29 is 19.4 Å². The molecule has 3 rings (SSSR count). The fraction of sp³-hybridized carbons (Fsp3) is 0.278. The number of carbonyl (C=O) groups excluding carboxylic acids is 2. The van der Waals surface area contributed by atoms with Crippen LogP contribution in [0.3, 0.4) is 0 Å². The van der Waals surface area contributed by atoms with Gasteiger partial charge in [0.05, 0.1) is 32.0 Å². The van der Waals surface area contributed by atoms with Gasteiger partial charge in [-0.2, -0.15) is 5.10 Å². The number of anilines is 1. The molecule has 0 atom stereocenters. The molecule has 0 unspecified atom stereocenters. The summed E-state index contributed by atoms with van der Waals surface area (Å²) in [5, 5.41) is 16.2. The fourth-order valence-corrected chi connectivity index (χ4v) is 2.81. The van der Waals surface area contributed by atoms with Gasteiger partial charge in [-0.1, -0.05) is 12.1 Å². The van der Waals surface area contributed by atoms with Crippen molar-refractivity contribution in [3.05, 3.63) is 47.9 Å². The number of esters is 1. The van der Waals surface area contributed by atoms with Crippen molar-refractivity contribution in [2.75, 3.05) is 32.1 Å². The van der Waals surface area contributed by atoms with E-state index in [-0.39, 0.29) is 36.9 Å². The number of carbonyl (C=O) groups is 2. The number of hydrogen-bond acceptors (Lipinski definition) is 6. The van der Waals surface area contributed by atoms with Crippen LogP contribution in [0.25, 0.3) is 11.1 Å². The first-order valence-corrected chi connectivity index (χ1v) is 8.11. The second kappa shape index (κ2) is 7.40. The van der Waals surface area contributed by atoms with Crippen molar-refractivity contribution in [2.24, 2.45) is 7.05 Å². The Hall–Kier alpha value is -3.13. The van der Waals surface area contributed by atoms with Crippen LogP contribution in [0, 0.1) is 0 Å². The molecule has 8 nitrogen and oxygen atoms in total. The molecule has 1 amide bonds. The van der Waals surface area contributed by atoms with E-state index < -0.39 is 5.97 Å². The smallest absolute Gasteiger partial charge is 0.337 e. The Kier molecular flexibility index (Phi) is 5.04. The number of hydrogen-bond donors (Lipinski definition) is 2. The van der Waals surface area contributed by atoms with Gasteiger partial charge in [-0.15, -0.1) is 0 Å². The highest BCUT2D eigenvalue weighted by atomic mass is 16.5. The Morgan fingerprint density at radius 3 is 2.62 bits per heavy atom. The van der Waals surface area contributed by atoms with E-state index in [2.05, 4.69) is 10.4 Å². The minimum atomic E-state index is -0.562. The zero-order valence-electron chi connectivity index (χ0n) is 14.6. The van der Waals surface area contributed by atoms with E-state index in [1.54, 1.807) is 10.9 Å². The minimum Gasteiger partial charge on any atom is -0.466 e. The van der Waals surface area contributed by atoms with Crippen molar-refractivity contribution in [3.8, 4) is 11.1 Å². The molecule has 136 valence electrons. The predicted molar refractivity (Wildman–Crippen MR) is 95.0 cm³/mol. The second-order valence-electron chi connectivity index (χ2n) is 5.90. The molecule has 1 aliphatic heterocycles. The van der Waals surface area contributed by atoms with Crippen molar-refractivity contribution >= 4 is 17.6 Å². The summed E-state index contributed by atoms with van der Waals surface area (Å²) in [5.41, 5.74) is 3.08. The summed E-state index contributed by atoms with van der Waals surface area (Å²) in [6.45, 7) is 0.0971. The van der Waals surface area contributed by atoms with Gasteiger partial charge >= 0.3 is 5.97 Å². The number of ether oxygens (including phenoxy) is 1. The van der Waals surface area contributed by atoms with E-state index in [1.807, 2.05) is 37.5 Å². The number of nitrogens with zero attached hydrogens (tertiary/aromatic N) is 3. The van der Waals surface area contributed by atoms with E-state index in [0.29, 0.717) is 5.69 Å². The molecule has 0 aliphatic carbocycles. The Labute approximate surface area is 150 Å². The lowest BCUT2D eigenvalue weighted by Gasteiger charge is -2.15. The standard InChI is InChI=1S/C18H20N4O4/c1-21-10-13(9-19-21)12-3-5-14(6-4-12)20-16-15(18(25)26-2)11-22(7-8-23)17(16)24/h3-6,9-10,20,23H,7-8,11H2,1-2H3. The van der Waals surface area contributed by atoms with Gasteiger partial charge in [-0.05, 0) is 17.7 Å². The van der Waals surface area contributed by atoms with E-state index in [0.717, 1.165) is 11.1 Å². The first-order valence-electron chi connectivity index (χ1n) is 8.11. The van der Waals surface area contributed by atoms with Crippen LogP contribution in [0.4, 0.5) is 5.69 Å². The molecule has 0 radical (unpaired) electrons. The summed E-state index contributed by atoms with van der Waals surface area (Å²) in [5.74, 6) is -0.899. The molecule has 8 heteroatoms. The third-order valence-electron chi connectivity index (χ3n) is 4.15. The van der Waals surface area contributed by atoms with Crippen LogP contribution in [0.5, 0.6) is 0 Å². The van der Waals surface area contributed by atoms with E-state index in [9.17, 15) is 9.59 Å². The lowest BCUT2D eigenvalue weighted by Crippen LogP contribution is -2.31. The van der Waals surface area contributed by atoms with Gasteiger partial charge in [0.1, 0.15) is 5.70 Å². The van der Waals surface area contributed by atoms with E-state index in [1.165, 1.54) is 12.0 Å². The van der Waals surface area contributed by atoms with Crippen molar-refractivity contribution in [2.45, 2.75) is 0 Å². The van der Waals surface area contributed by atoms with Gasteiger partial charge in [-0.3, -0.25) is 9.48 Å². The predicted octanol–water partition coefficient (Wildman–Crippen LogP) is 0.761. The third kappa shape index (κ3) is 3.45. The van der Waals surface area contributed by atoms with Crippen molar-refractivity contribution in [1.82, 2.24) is 14.7 Å². The number of benzene rings is 1. The number of methoxy groups -OCH3 is 1. The van der Waals surface area contributed by atoms with Crippen LogP contribution in [0.15, 0.2) is 47.9 Å². The number of aryl methyl sites for hydroxylation is 1. The summed E-state index contributed by atoms with van der Waals surface area (Å²) >= 11 is 0. The first-order chi connectivity index (χ1) is 12.5. The van der Waals surface area contributed by atoms with Crippen LogP contribution in [0.1, 0.15) is 0 Å². The Morgan fingerprint density at radius 1 is 1.31 bits per heavy atom. The van der Waals surface area contributed by atoms with Crippen LogP contribution in [-0.2, 0) is 21.4 Å². The molecule has 0 saturated carbocycles. The van der Waals surface area contributed by atoms with Gasteiger partial charge in [0.25, 0.3) is 5.91 Å². The number of amides is 1. The van der Waals surface area contributed by atoms with Gasteiger partial charge in [0.15, 0.2) is 0 Å². The third-order valence-corrected chi connectivity index (χ3v) is 4.15. The molecule has 0 bridgehead atoms. The molecule has 0 spiro atoms. The molecule has 0 saturated heterocycles. The quantitative estimate of drug-likeness (QED) is 0.742. The first kappa shape index (κ1) is 17.7. The van der Waals surface area contributed by atoms with Gasteiger partial charge in [0.2, 0.25) is 0 Å². The van der Waals surface area contributed by atoms with Gasteiger partial charge in [0, 0.05) is 31.0 Å². The Morgan fingerprint density at radius 2 is 2.04 bits per heavy atom. The molecule has 2 N–H and O–H groups in total. The molecular formula is C18H20N4O4. The van der Waals surface area contributed by atoms with Crippen LogP contribution >= 0.6 is 0 Å². The van der Waals surface area contributed by atoms with Crippen molar-refractivity contribution in [1.29, 1.82) is 0 Å². The Bertz CT molecular complexity index is 854.